The third-order valence-electron chi connectivity index (χ3n) is 2.68. The van der Waals surface area contributed by atoms with Gasteiger partial charge in [0.25, 0.3) is 0 Å². The van der Waals surface area contributed by atoms with Crippen molar-refractivity contribution >= 4 is 5.78 Å². The van der Waals surface area contributed by atoms with Crippen LogP contribution in [0.2, 0.25) is 0 Å². The van der Waals surface area contributed by atoms with E-state index >= 15 is 0 Å². The van der Waals surface area contributed by atoms with Crippen LogP contribution in [0.15, 0.2) is 18.2 Å². The van der Waals surface area contributed by atoms with Gasteiger partial charge in [-0.05, 0) is 12.1 Å². The first-order valence-electron chi connectivity index (χ1n) is 5.16. The summed E-state index contributed by atoms with van der Waals surface area (Å²) in [7, 11) is 4.46. The van der Waals surface area contributed by atoms with Crippen molar-refractivity contribution in [3.8, 4) is 11.5 Å². The molecule has 92 valence electrons. The number of ketones is 1. The SMILES string of the molecule is COc1cccc2c1OC(C(OC)OC)C2=O. The Morgan fingerprint density at radius 1 is 1.24 bits per heavy atom. The molecule has 1 unspecified atom stereocenters. The normalized spacial score (nSPS) is 18.1. The summed E-state index contributed by atoms with van der Waals surface area (Å²) in [5, 5.41) is 0. The molecule has 5 nitrogen and oxygen atoms in total. The smallest absolute Gasteiger partial charge is 0.212 e. The molecule has 0 aromatic heterocycles. The molecule has 1 heterocycles. The highest BCUT2D eigenvalue weighted by atomic mass is 16.7. The molecule has 2 rings (SSSR count). The van der Waals surface area contributed by atoms with Gasteiger partial charge in [0.15, 0.2) is 11.5 Å². The molecule has 1 atom stereocenters. The highest BCUT2D eigenvalue weighted by molar-refractivity contribution is 6.05. The standard InChI is InChI=1S/C12H14O5/c1-14-8-6-4-5-7-9(13)11(17-10(7)8)12(15-2)16-3/h4-6,11-12H,1-3H3. The molecule has 0 fully saturated rings. The van der Waals surface area contributed by atoms with E-state index in [0.717, 1.165) is 0 Å². The number of rotatable bonds is 4. The number of benzene rings is 1. The molecule has 0 N–H and O–H groups in total. The zero-order chi connectivity index (χ0) is 12.4. The van der Waals surface area contributed by atoms with Crippen LogP contribution in [0.1, 0.15) is 10.4 Å². The van der Waals surface area contributed by atoms with Crippen molar-refractivity contribution in [2.45, 2.75) is 12.4 Å². The number of hydrogen-bond donors (Lipinski definition) is 0. The van der Waals surface area contributed by atoms with Crippen molar-refractivity contribution in [3.05, 3.63) is 23.8 Å². The molecule has 0 radical (unpaired) electrons. The number of para-hydroxylation sites is 1. The van der Waals surface area contributed by atoms with Gasteiger partial charge < -0.3 is 18.9 Å². The highest BCUT2D eigenvalue weighted by Crippen LogP contribution is 2.38. The summed E-state index contributed by atoms with van der Waals surface area (Å²) in [5.74, 6) is 0.820. The Kier molecular flexibility index (Phi) is 3.31. The van der Waals surface area contributed by atoms with E-state index in [1.165, 1.54) is 21.3 Å². The Hall–Kier alpha value is -1.59. The molecular formula is C12H14O5. The maximum atomic E-state index is 12.1. The lowest BCUT2D eigenvalue weighted by atomic mass is 10.1. The molecule has 0 saturated heterocycles. The van der Waals surface area contributed by atoms with Crippen LogP contribution in [0.25, 0.3) is 0 Å². The predicted molar refractivity (Wildman–Crippen MR) is 59.5 cm³/mol. The second-order valence-electron chi connectivity index (χ2n) is 3.58. The van der Waals surface area contributed by atoms with Gasteiger partial charge in [0, 0.05) is 14.2 Å². The van der Waals surface area contributed by atoms with E-state index in [4.69, 9.17) is 18.9 Å². The van der Waals surface area contributed by atoms with Gasteiger partial charge in [-0.2, -0.15) is 0 Å². The van der Waals surface area contributed by atoms with Gasteiger partial charge in [0.1, 0.15) is 0 Å². The number of fused-ring (bicyclic) bond motifs is 1. The summed E-state index contributed by atoms with van der Waals surface area (Å²) < 4.78 is 20.8. The summed E-state index contributed by atoms with van der Waals surface area (Å²) in [6.07, 6.45) is -1.50. The van der Waals surface area contributed by atoms with Gasteiger partial charge in [-0.25, -0.2) is 0 Å². The van der Waals surface area contributed by atoms with Crippen molar-refractivity contribution < 1.29 is 23.7 Å². The Labute approximate surface area is 99.2 Å². The second kappa shape index (κ2) is 4.73. The zero-order valence-corrected chi connectivity index (χ0v) is 9.93. The molecule has 1 aliphatic heterocycles. The van der Waals surface area contributed by atoms with E-state index in [1.807, 2.05) is 0 Å². The Morgan fingerprint density at radius 3 is 2.53 bits per heavy atom. The summed E-state index contributed by atoms with van der Waals surface area (Å²) in [6.45, 7) is 0. The highest BCUT2D eigenvalue weighted by Gasteiger charge is 2.40. The second-order valence-corrected chi connectivity index (χ2v) is 3.58. The summed E-state index contributed by atoms with van der Waals surface area (Å²) >= 11 is 0. The van der Waals surface area contributed by atoms with Gasteiger partial charge in [-0.15, -0.1) is 0 Å². The first kappa shape index (κ1) is 11.9. The molecule has 5 heteroatoms. The minimum atomic E-state index is -0.781. The van der Waals surface area contributed by atoms with Crippen LogP contribution >= 0.6 is 0 Å². The number of carbonyl (C=O) groups excluding carboxylic acids is 1. The number of Topliss-reactive ketones (excluding diaryl/α,β-unsaturated/α-hetero) is 1. The lowest BCUT2D eigenvalue weighted by Crippen LogP contribution is -2.37. The minimum absolute atomic E-state index is 0.160. The molecule has 0 spiro atoms. The van der Waals surface area contributed by atoms with Crippen LogP contribution in [-0.4, -0.2) is 39.5 Å². The quantitative estimate of drug-likeness (QED) is 0.739. The fraction of sp³-hybridized carbons (Fsp3) is 0.417. The summed E-state index contributed by atoms with van der Waals surface area (Å²) in [5.41, 5.74) is 0.494. The van der Waals surface area contributed by atoms with E-state index in [-0.39, 0.29) is 5.78 Å². The van der Waals surface area contributed by atoms with Gasteiger partial charge in [-0.3, -0.25) is 4.79 Å². The maximum Gasteiger partial charge on any atom is 0.212 e. The zero-order valence-electron chi connectivity index (χ0n) is 9.93. The molecule has 1 aliphatic rings. The maximum absolute atomic E-state index is 12.1. The predicted octanol–water partition coefficient (Wildman–Crippen LogP) is 1.26. The topological polar surface area (TPSA) is 54.0 Å². The average molecular weight is 238 g/mol. The van der Waals surface area contributed by atoms with Gasteiger partial charge in [0.2, 0.25) is 18.2 Å². The summed E-state index contributed by atoms with van der Waals surface area (Å²) in [4.78, 5) is 12.1. The van der Waals surface area contributed by atoms with Crippen molar-refractivity contribution in [2.75, 3.05) is 21.3 Å². The third-order valence-corrected chi connectivity index (χ3v) is 2.68. The summed E-state index contributed by atoms with van der Waals surface area (Å²) in [6, 6.07) is 5.18. The van der Waals surface area contributed by atoms with E-state index in [9.17, 15) is 4.79 Å². The number of carbonyl (C=O) groups is 1. The molecule has 17 heavy (non-hydrogen) atoms. The molecule has 0 aliphatic carbocycles. The van der Waals surface area contributed by atoms with Crippen molar-refractivity contribution in [1.82, 2.24) is 0 Å². The monoisotopic (exact) mass is 238 g/mol. The van der Waals surface area contributed by atoms with Crippen LogP contribution in [0, 0.1) is 0 Å². The van der Waals surface area contributed by atoms with Crippen LogP contribution < -0.4 is 9.47 Å². The van der Waals surface area contributed by atoms with Gasteiger partial charge in [0.05, 0.1) is 12.7 Å². The molecule has 0 bridgehead atoms. The first-order chi connectivity index (χ1) is 8.22. The largest absolute Gasteiger partial charge is 0.493 e. The van der Waals surface area contributed by atoms with Crippen molar-refractivity contribution in [2.24, 2.45) is 0 Å². The van der Waals surface area contributed by atoms with E-state index in [0.29, 0.717) is 17.1 Å². The van der Waals surface area contributed by atoms with E-state index < -0.39 is 12.4 Å². The Morgan fingerprint density at radius 2 is 1.94 bits per heavy atom. The molecule has 1 aromatic rings. The minimum Gasteiger partial charge on any atom is -0.493 e. The fourth-order valence-corrected chi connectivity index (χ4v) is 1.85. The lowest BCUT2D eigenvalue weighted by Gasteiger charge is -2.18. The van der Waals surface area contributed by atoms with E-state index in [1.54, 1.807) is 18.2 Å². The third kappa shape index (κ3) is 1.87. The van der Waals surface area contributed by atoms with Crippen LogP contribution in [0.5, 0.6) is 11.5 Å². The number of methoxy groups -OCH3 is 3. The Balaban J connectivity index is 2.35. The lowest BCUT2D eigenvalue weighted by molar-refractivity contribution is -0.141. The van der Waals surface area contributed by atoms with Gasteiger partial charge in [-0.1, -0.05) is 6.07 Å². The molecular weight excluding hydrogens is 224 g/mol. The van der Waals surface area contributed by atoms with Crippen molar-refractivity contribution in [1.29, 1.82) is 0 Å². The first-order valence-corrected chi connectivity index (χ1v) is 5.16. The number of ether oxygens (including phenoxy) is 4. The Bertz CT molecular complexity index is 425. The molecule has 0 saturated carbocycles. The molecule has 1 aromatic carbocycles. The average Bonchev–Trinajstić information content (AvgIpc) is 2.69. The molecule has 0 amide bonds. The van der Waals surface area contributed by atoms with Crippen LogP contribution in [-0.2, 0) is 9.47 Å². The van der Waals surface area contributed by atoms with Crippen LogP contribution in [0.4, 0.5) is 0 Å². The fourth-order valence-electron chi connectivity index (χ4n) is 1.85. The van der Waals surface area contributed by atoms with Crippen LogP contribution in [0.3, 0.4) is 0 Å². The van der Waals surface area contributed by atoms with Gasteiger partial charge >= 0.3 is 0 Å². The van der Waals surface area contributed by atoms with E-state index in [2.05, 4.69) is 0 Å². The number of hydrogen-bond acceptors (Lipinski definition) is 5. The van der Waals surface area contributed by atoms with Crippen molar-refractivity contribution in [3.63, 3.8) is 0 Å².